The van der Waals surface area contributed by atoms with Gasteiger partial charge in [0.1, 0.15) is 0 Å². The molecule has 0 aromatic heterocycles. The molecule has 0 aliphatic rings. The minimum atomic E-state index is 0.783. The molecule has 0 saturated carbocycles. The van der Waals surface area contributed by atoms with Gasteiger partial charge in [0.25, 0.3) is 0 Å². The second kappa shape index (κ2) is 230. The van der Waals surface area contributed by atoms with E-state index in [-0.39, 0.29) is 0 Å². The van der Waals surface area contributed by atoms with Gasteiger partial charge in [-0.25, -0.2) is 0 Å². The first kappa shape index (κ1) is 56.4. The Kier molecular flexibility index (Phi) is 519. The maximum Gasteiger partial charge on any atom is 0.0502 e. The average molecular weight is 363 g/mol. The van der Waals surface area contributed by atoms with Crippen LogP contribution in [-0.4, -0.2) is 13.7 Å². The van der Waals surface area contributed by atoms with Gasteiger partial charge in [-0.05, 0) is 13.3 Å². The van der Waals surface area contributed by atoms with Crippen molar-refractivity contribution in [1.82, 2.24) is 0 Å². The predicted molar refractivity (Wildman–Crippen MR) is 131 cm³/mol. The molecule has 0 fully saturated rings. The molecule has 0 amide bonds. The minimum Gasteiger partial charge on any atom is -0.384 e. The fourth-order valence-electron chi connectivity index (χ4n) is 0.584. The highest BCUT2D eigenvalue weighted by atomic mass is 16.5. The summed E-state index contributed by atoms with van der Waals surface area (Å²) in [5, 5.41) is 0. The fraction of sp³-hybridized carbons (Fsp3) is 0.667. The molecule has 0 spiro atoms. The molecule has 0 aliphatic carbocycles. The summed E-state index contributed by atoms with van der Waals surface area (Å²) in [5.74, 6) is 0. The number of rotatable bonds is 4. The van der Waals surface area contributed by atoms with Crippen LogP contribution in [0.1, 0.15) is 96.4 Å². The van der Waals surface area contributed by atoms with Gasteiger partial charge in [-0.1, -0.05) is 107 Å². The molecule has 1 heteroatoms. The minimum absolute atomic E-state index is 0.783. The Labute approximate surface area is 166 Å². The maximum absolute atomic E-state index is 4.89. The molecule has 0 radical (unpaired) electrons. The monoisotopic (exact) mass is 362 g/mol. The van der Waals surface area contributed by atoms with E-state index in [1.807, 2.05) is 102 Å². The highest BCUT2D eigenvalue weighted by Gasteiger charge is 1.86. The summed E-state index contributed by atoms with van der Waals surface area (Å²) in [4.78, 5) is 0. The summed E-state index contributed by atoms with van der Waals surface area (Å²) in [6.07, 6.45) is 4.88. The van der Waals surface area contributed by atoms with Crippen molar-refractivity contribution in [2.24, 2.45) is 0 Å². The smallest absolute Gasteiger partial charge is 0.0502 e. The van der Waals surface area contributed by atoms with Crippen LogP contribution < -0.4 is 0 Å². The van der Waals surface area contributed by atoms with E-state index in [1.54, 1.807) is 7.11 Å². The highest BCUT2D eigenvalue weighted by Crippen LogP contribution is 2.00. The van der Waals surface area contributed by atoms with E-state index in [9.17, 15) is 0 Å². The number of hydrogen-bond acceptors (Lipinski definition) is 1. The van der Waals surface area contributed by atoms with Crippen LogP contribution in [0.25, 0.3) is 0 Å². The molecular weight excluding hydrogens is 304 g/mol. The van der Waals surface area contributed by atoms with E-state index < -0.39 is 0 Å². The number of allylic oxidation sites excluding steroid dienone is 2. The summed E-state index contributed by atoms with van der Waals surface area (Å²) in [6, 6.07) is 0. The van der Waals surface area contributed by atoms with Crippen molar-refractivity contribution in [3.8, 4) is 0 Å². The van der Waals surface area contributed by atoms with E-state index in [2.05, 4.69) is 32.9 Å². The van der Waals surface area contributed by atoms with Gasteiger partial charge in [-0.15, -0.1) is 26.3 Å². The molecule has 0 aromatic rings. The Bertz CT molecular complexity index is 124. The number of ether oxygens (including phenoxy) is 1. The standard InChI is InChI=1S/C8H14O.6C2H6.2C2H4/c1-4-8(5-2)6-7-9-3;8*1-2/h4-5H,1,6-7H2,2-3H3;6*1-2H3;2*1-2H2/b8-5+;;;;;;;;. The summed E-state index contributed by atoms with van der Waals surface area (Å²) >= 11 is 0. The SMILES string of the molecule is C=C.C=C.C=C/C(=C\C)CCOC.CC.CC.CC.CC.CC.CC. The molecule has 160 valence electrons. The molecular formula is C24H58O. The van der Waals surface area contributed by atoms with Crippen LogP contribution in [-0.2, 0) is 4.74 Å². The quantitative estimate of drug-likeness (QED) is 0.357. The van der Waals surface area contributed by atoms with E-state index in [0.29, 0.717) is 0 Å². The molecule has 0 bridgehead atoms. The lowest BCUT2D eigenvalue weighted by Crippen LogP contribution is -1.88. The van der Waals surface area contributed by atoms with Gasteiger partial charge in [-0.2, -0.15) is 0 Å². The van der Waals surface area contributed by atoms with E-state index in [0.717, 1.165) is 13.0 Å². The van der Waals surface area contributed by atoms with Crippen molar-refractivity contribution >= 4 is 0 Å². The first-order valence-corrected chi connectivity index (χ1v) is 10.1. The average Bonchev–Trinajstić information content (AvgIpc) is 2.80. The normalized spacial score (nSPS) is 5.92. The van der Waals surface area contributed by atoms with Crippen molar-refractivity contribution in [3.63, 3.8) is 0 Å². The van der Waals surface area contributed by atoms with Crippen molar-refractivity contribution in [2.75, 3.05) is 13.7 Å². The van der Waals surface area contributed by atoms with Crippen molar-refractivity contribution < 1.29 is 4.74 Å². The lowest BCUT2D eigenvalue weighted by atomic mass is 10.2. The zero-order valence-electron chi connectivity index (χ0n) is 21.0. The molecule has 25 heavy (non-hydrogen) atoms. The van der Waals surface area contributed by atoms with Gasteiger partial charge in [0.05, 0.1) is 6.61 Å². The number of methoxy groups -OCH3 is 1. The third-order valence-corrected chi connectivity index (χ3v) is 1.23. The van der Waals surface area contributed by atoms with Crippen LogP contribution in [0.5, 0.6) is 0 Å². The molecule has 0 rings (SSSR count). The molecule has 1 nitrogen and oxygen atoms in total. The van der Waals surface area contributed by atoms with Crippen LogP contribution in [0.4, 0.5) is 0 Å². The van der Waals surface area contributed by atoms with Crippen molar-refractivity contribution in [2.45, 2.75) is 96.4 Å². The fourth-order valence-corrected chi connectivity index (χ4v) is 0.584. The van der Waals surface area contributed by atoms with Gasteiger partial charge in [0.2, 0.25) is 0 Å². The second-order valence-corrected chi connectivity index (χ2v) is 1.81. The third kappa shape index (κ3) is 209. The second-order valence-electron chi connectivity index (χ2n) is 1.81. The Morgan fingerprint density at radius 3 is 1.04 bits per heavy atom. The van der Waals surface area contributed by atoms with E-state index in [1.165, 1.54) is 5.57 Å². The number of hydrogen-bond donors (Lipinski definition) is 0. The molecule has 0 aliphatic heterocycles. The van der Waals surface area contributed by atoms with Crippen LogP contribution >= 0.6 is 0 Å². The first-order valence-electron chi connectivity index (χ1n) is 10.1. The van der Waals surface area contributed by atoms with Crippen LogP contribution in [0.15, 0.2) is 50.6 Å². The summed E-state index contributed by atoms with van der Waals surface area (Å²) in [7, 11) is 1.70. The Hall–Kier alpha value is -1.08. The molecule has 0 unspecified atom stereocenters. The Balaban J connectivity index is -0.0000000194. The third-order valence-electron chi connectivity index (χ3n) is 1.23. The van der Waals surface area contributed by atoms with E-state index in [4.69, 9.17) is 4.74 Å². The Morgan fingerprint density at radius 2 is 0.920 bits per heavy atom. The molecule has 0 aromatic carbocycles. The van der Waals surface area contributed by atoms with E-state index >= 15 is 0 Å². The molecule has 0 heterocycles. The van der Waals surface area contributed by atoms with Crippen molar-refractivity contribution in [1.29, 1.82) is 0 Å². The first-order chi connectivity index (χ1) is 12.3. The topological polar surface area (TPSA) is 9.23 Å². The highest BCUT2D eigenvalue weighted by molar-refractivity contribution is 5.14. The van der Waals surface area contributed by atoms with Crippen LogP contribution in [0.3, 0.4) is 0 Å². The maximum atomic E-state index is 4.89. The van der Waals surface area contributed by atoms with Gasteiger partial charge in [-0.3, -0.25) is 0 Å². The van der Waals surface area contributed by atoms with Gasteiger partial charge in [0, 0.05) is 7.11 Å². The lowest BCUT2D eigenvalue weighted by Gasteiger charge is -1.97. The van der Waals surface area contributed by atoms with Crippen molar-refractivity contribution in [3.05, 3.63) is 50.6 Å². The summed E-state index contributed by atoms with van der Waals surface area (Å²) < 4.78 is 4.89. The largest absolute Gasteiger partial charge is 0.384 e. The summed E-state index contributed by atoms with van der Waals surface area (Å²) in [6.45, 7) is 42.5. The Morgan fingerprint density at radius 1 is 0.680 bits per heavy atom. The zero-order chi connectivity index (χ0) is 23.1. The van der Waals surface area contributed by atoms with Crippen LogP contribution in [0, 0.1) is 0 Å². The molecule has 0 atom stereocenters. The summed E-state index contributed by atoms with van der Waals surface area (Å²) in [5.41, 5.74) is 1.25. The van der Waals surface area contributed by atoms with Gasteiger partial charge < -0.3 is 4.74 Å². The van der Waals surface area contributed by atoms with Crippen LogP contribution in [0.2, 0.25) is 0 Å². The zero-order valence-corrected chi connectivity index (χ0v) is 21.0. The van der Waals surface area contributed by atoms with Gasteiger partial charge >= 0.3 is 0 Å². The predicted octanol–water partition coefficient (Wildman–Crippen LogP) is 9.92. The van der Waals surface area contributed by atoms with Gasteiger partial charge in [0.15, 0.2) is 0 Å². The molecule has 0 saturated heterocycles. The molecule has 0 N–H and O–H groups in total. The lowest BCUT2D eigenvalue weighted by molar-refractivity contribution is 0.203.